The van der Waals surface area contributed by atoms with E-state index in [9.17, 15) is 4.79 Å². The molecule has 0 unspecified atom stereocenters. The van der Waals surface area contributed by atoms with E-state index in [-0.39, 0.29) is 0 Å². The number of rotatable bonds is 4. The highest BCUT2D eigenvalue weighted by Crippen LogP contribution is 2.04. The van der Waals surface area contributed by atoms with Crippen molar-refractivity contribution in [2.75, 3.05) is 6.61 Å². The van der Waals surface area contributed by atoms with E-state index >= 15 is 0 Å². The highest BCUT2D eigenvalue weighted by atomic mass is 16.6. The molecule has 0 amide bonds. The molecule has 0 aliphatic rings. The van der Waals surface area contributed by atoms with Gasteiger partial charge in [0.2, 0.25) is 6.29 Å². The van der Waals surface area contributed by atoms with Crippen molar-refractivity contribution in [2.24, 2.45) is 0 Å². The van der Waals surface area contributed by atoms with E-state index in [0.29, 0.717) is 0 Å². The van der Waals surface area contributed by atoms with Crippen LogP contribution in [-0.4, -0.2) is 45.1 Å². The molecule has 0 aromatic rings. The molecule has 0 aromatic carbocycles. The summed E-state index contributed by atoms with van der Waals surface area (Å²) in [5, 5.41) is 34.0. The normalized spacial score (nSPS) is 11.4. The number of carbonyl (C=O) groups is 1. The number of hydrogen-bond acceptors (Lipinski definition) is 6. The molecule has 0 saturated heterocycles. The van der Waals surface area contributed by atoms with Crippen LogP contribution in [0.5, 0.6) is 0 Å². The van der Waals surface area contributed by atoms with Crippen LogP contribution in [0, 0.1) is 0 Å². The van der Waals surface area contributed by atoms with Crippen LogP contribution < -0.4 is 0 Å². The van der Waals surface area contributed by atoms with Crippen LogP contribution in [0.2, 0.25) is 0 Å². The molecule has 0 rings (SSSR count). The van der Waals surface area contributed by atoms with Crippen molar-refractivity contribution in [3.63, 3.8) is 0 Å². The Morgan fingerprint density at radius 1 is 1.58 bits per heavy atom. The summed E-state index contributed by atoms with van der Waals surface area (Å²) in [4.78, 5) is 10.4. The number of carbonyl (C=O) groups excluding carboxylic acids is 1. The van der Waals surface area contributed by atoms with Crippen molar-refractivity contribution < 1.29 is 30.0 Å². The molecule has 0 bridgehead atoms. The first-order valence-corrected chi connectivity index (χ1v) is 3.00. The Morgan fingerprint density at radius 2 is 2.08 bits per heavy atom. The minimum Gasteiger partial charge on any atom is -0.457 e. The first-order valence-electron chi connectivity index (χ1n) is 3.00. The van der Waals surface area contributed by atoms with E-state index in [1.54, 1.807) is 0 Å². The van der Waals surface area contributed by atoms with Crippen LogP contribution in [-0.2, 0) is 9.53 Å². The topological polar surface area (TPSA) is 107 Å². The van der Waals surface area contributed by atoms with Gasteiger partial charge < -0.3 is 25.2 Å². The van der Waals surface area contributed by atoms with E-state index in [2.05, 4.69) is 11.3 Å². The van der Waals surface area contributed by atoms with Crippen LogP contribution in [0.3, 0.4) is 0 Å². The van der Waals surface area contributed by atoms with Gasteiger partial charge in [-0.2, -0.15) is 0 Å². The lowest BCUT2D eigenvalue weighted by molar-refractivity contribution is -0.303. The molecule has 0 heterocycles. The highest BCUT2D eigenvalue weighted by Gasteiger charge is 2.33. The van der Waals surface area contributed by atoms with Gasteiger partial charge in [-0.05, 0) is 0 Å². The summed E-state index contributed by atoms with van der Waals surface area (Å²) in [6, 6.07) is 0. The van der Waals surface area contributed by atoms with Gasteiger partial charge in [0.1, 0.15) is 0 Å². The van der Waals surface area contributed by atoms with Gasteiger partial charge in [-0.25, -0.2) is 4.79 Å². The second kappa shape index (κ2) is 4.17. The smallest absolute Gasteiger partial charge is 0.330 e. The van der Waals surface area contributed by atoms with Crippen molar-refractivity contribution in [1.82, 2.24) is 0 Å². The molecule has 0 spiro atoms. The number of hydrogen-bond donors (Lipinski definition) is 4. The summed E-state index contributed by atoms with van der Waals surface area (Å²) >= 11 is 0. The van der Waals surface area contributed by atoms with Gasteiger partial charge in [-0.15, -0.1) is 0 Å². The monoisotopic (exact) mass is 178 g/mol. The summed E-state index contributed by atoms with van der Waals surface area (Å²) in [6.45, 7) is 2.11. The standard InChI is InChI=1S/C6H10O6/c1-2-4(7)12-3-6(10,11)5(8)9/h2,5,8-11H,1,3H2. The highest BCUT2D eigenvalue weighted by molar-refractivity contribution is 5.81. The lowest BCUT2D eigenvalue weighted by atomic mass is 10.3. The fourth-order valence-corrected chi connectivity index (χ4v) is 0.311. The molecule has 70 valence electrons. The van der Waals surface area contributed by atoms with Gasteiger partial charge >= 0.3 is 5.97 Å². The average molecular weight is 178 g/mol. The molecule has 4 N–H and O–H groups in total. The summed E-state index contributed by atoms with van der Waals surface area (Å²) < 4.78 is 4.14. The maximum Gasteiger partial charge on any atom is 0.330 e. The van der Waals surface area contributed by atoms with Crippen LogP contribution >= 0.6 is 0 Å². The number of ether oxygens (including phenoxy) is 1. The van der Waals surface area contributed by atoms with Crippen LogP contribution in [0.1, 0.15) is 0 Å². The Labute approximate surface area is 68.3 Å². The zero-order chi connectivity index (χ0) is 9.78. The lowest BCUT2D eigenvalue weighted by Crippen LogP contribution is -2.46. The zero-order valence-corrected chi connectivity index (χ0v) is 6.17. The summed E-state index contributed by atoms with van der Waals surface area (Å²) in [5.41, 5.74) is 0. The van der Waals surface area contributed by atoms with E-state index in [1.165, 1.54) is 0 Å². The maximum absolute atomic E-state index is 10.4. The fourth-order valence-electron chi connectivity index (χ4n) is 0.311. The van der Waals surface area contributed by atoms with Gasteiger partial charge in [-0.3, -0.25) is 0 Å². The first-order chi connectivity index (χ1) is 5.40. The fraction of sp³-hybridized carbons (Fsp3) is 0.500. The molecule has 12 heavy (non-hydrogen) atoms. The molecule has 0 saturated carbocycles. The quantitative estimate of drug-likeness (QED) is 0.219. The molecule has 0 aliphatic heterocycles. The number of aliphatic hydroxyl groups excluding tert-OH is 1. The van der Waals surface area contributed by atoms with E-state index in [4.69, 9.17) is 20.4 Å². The Hall–Kier alpha value is -0.950. The summed E-state index contributed by atoms with van der Waals surface area (Å²) in [5.74, 6) is -3.73. The second-order valence-corrected chi connectivity index (χ2v) is 2.06. The van der Waals surface area contributed by atoms with Gasteiger partial charge in [-0.1, -0.05) is 6.58 Å². The molecular formula is C6H10O6. The Morgan fingerprint density at radius 3 is 2.42 bits per heavy atom. The SMILES string of the molecule is C=CC(=O)OCC(O)(O)C(O)O. The van der Waals surface area contributed by atoms with Crippen LogP contribution in [0.4, 0.5) is 0 Å². The zero-order valence-electron chi connectivity index (χ0n) is 6.17. The average Bonchev–Trinajstić information content (AvgIpc) is 2.00. The van der Waals surface area contributed by atoms with Crippen LogP contribution in [0.15, 0.2) is 12.7 Å². The van der Waals surface area contributed by atoms with Crippen molar-refractivity contribution in [3.05, 3.63) is 12.7 Å². The Bertz CT molecular complexity index is 173. The van der Waals surface area contributed by atoms with Gasteiger partial charge in [0.15, 0.2) is 6.61 Å². The van der Waals surface area contributed by atoms with E-state index < -0.39 is 24.7 Å². The predicted octanol–water partition coefficient (Wildman–Crippen LogP) is -2.29. The molecule has 6 nitrogen and oxygen atoms in total. The number of aliphatic hydroxyl groups is 4. The maximum atomic E-state index is 10.4. The lowest BCUT2D eigenvalue weighted by Gasteiger charge is -2.22. The van der Waals surface area contributed by atoms with Crippen molar-refractivity contribution in [1.29, 1.82) is 0 Å². The molecule has 0 aromatic heterocycles. The van der Waals surface area contributed by atoms with Gasteiger partial charge in [0.25, 0.3) is 5.79 Å². The van der Waals surface area contributed by atoms with Gasteiger partial charge in [0.05, 0.1) is 0 Å². The summed E-state index contributed by atoms with van der Waals surface area (Å²) in [7, 11) is 0. The third kappa shape index (κ3) is 3.44. The largest absolute Gasteiger partial charge is 0.457 e. The third-order valence-electron chi connectivity index (χ3n) is 1.01. The van der Waals surface area contributed by atoms with Crippen molar-refractivity contribution in [2.45, 2.75) is 12.1 Å². The Balaban J connectivity index is 3.91. The summed E-state index contributed by atoms with van der Waals surface area (Å²) in [6.07, 6.45) is -1.59. The second-order valence-electron chi connectivity index (χ2n) is 2.06. The molecular weight excluding hydrogens is 168 g/mol. The van der Waals surface area contributed by atoms with E-state index in [1.807, 2.05) is 0 Å². The van der Waals surface area contributed by atoms with Crippen LogP contribution in [0.25, 0.3) is 0 Å². The first kappa shape index (κ1) is 11.1. The molecule has 0 radical (unpaired) electrons. The van der Waals surface area contributed by atoms with Crippen molar-refractivity contribution in [3.8, 4) is 0 Å². The van der Waals surface area contributed by atoms with Gasteiger partial charge in [0, 0.05) is 6.08 Å². The number of esters is 1. The minimum absolute atomic E-state index is 0.805. The predicted molar refractivity (Wildman–Crippen MR) is 36.6 cm³/mol. The third-order valence-corrected chi connectivity index (χ3v) is 1.01. The van der Waals surface area contributed by atoms with E-state index in [0.717, 1.165) is 6.08 Å². The molecule has 0 fully saturated rings. The van der Waals surface area contributed by atoms with Crippen molar-refractivity contribution >= 4 is 5.97 Å². The minimum atomic E-state index is -2.85. The molecule has 6 heteroatoms. The molecule has 0 atom stereocenters. The Kier molecular flexibility index (Phi) is 3.84. The molecule has 0 aliphatic carbocycles.